The number of aromatic nitrogens is 1. The van der Waals surface area contributed by atoms with Crippen LogP contribution in [0, 0.1) is 11.3 Å². The fourth-order valence-corrected chi connectivity index (χ4v) is 3.80. The lowest BCUT2D eigenvalue weighted by atomic mass is 10.2. The Labute approximate surface area is 160 Å². The van der Waals surface area contributed by atoms with Gasteiger partial charge in [-0.2, -0.15) is 5.26 Å². The number of fused-ring (bicyclic) bond motifs is 1. The zero-order valence-corrected chi connectivity index (χ0v) is 15.9. The molecule has 1 heterocycles. The second-order valence-electron chi connectivity index (χ2n) is 5.54. The molecule has 7 nitrogen and oxygen atoms in total. The van der Waals surface area contributed by atoms with Crippen molar-refractivity contribution in [1.82, 2.24) is 4.98 Å². The van der Waals surface area contributed by atoms with Crippen LogP contribution in [0.25, 0.3) is 11.1 Å². The van der Waals surface area contributed by atoms with Gasteiger partial charge >= 0.3 is 0 Å². The standard InChI is InChI=1S/C18H15N3O4S2/c1-2-27(23,24)14-7-8-16-15(9-14)21-18(25-16)26-11-17(22)20-13-5-3-12(10-19)4-6-13/h3-9H,2,11H2,1H3,(H,20,22). The molecule has 0 spiro atoms. The van der Waals surface area contributed by atoms with Crippen molar-refractivity contribution < 1.29 is 17.6 Å². The molecule has 0 aliphatic carbocycles. The summed E-state index contributed by atoms with van der Waals surface area (Å²) in [5, 5.41) is 11.8. The Morgan fingerprint density at radius 3 is 2.67 bits per heavy atom. The lowest BCUT2D eigenvalue weighted by Crippen LogP contribution is -2.13. The predicted molar refractivity (Wildman–Crippen MR) is 102 cm³/mol. The molecule has 1 aromatic heterocycles. The molecule has 0 radical (unpaired) electrons. The normalized spacial score (nSPS) is 11.3. The quantitative estimate of drug-likeness (QED) is 0.631. The maximum absolute atomic E-state index is 12.0. The number of thioether (sulfide) groups is 1. The number of hydrogen-bond donors (Lipinski definition) is 1. The van der Waals surface area contributed by atoms with Crippen LogP contribution in [0.1, 0.15) is 12.5 Å². The molecule has 1 N–H and O–H groups in total. The summed E-state index contributed by atoms with van der Waals surface area (Å²) in [5.41, 5.74) is 1.99. The first-order valence-electron chi connectivity index (χ1n) is 7.97. The van der Waals surface area contributed by atoms with Gasteiger partial charge in [0.2, 0.25) is 5.91 Å². The van der Waals surface area contributed by atoms with Gasteiger partial charge in [-0.3, -0.25) is 4.79 Å². The van der Waals surface area contributed by atoms with Crippen LogP contribution in [0.3, 0.4) is 0 Å². The summed E-state index contributed by atoms with van der Waals surface area (Å²) in [4.78, 5) is 16.5. The number of rotatable bonds is 6. The van der Waals surface area contributed by atoms with Gasteiger partial charge in [0.1, 0.15) is 5.52 Å². The van der Waals surface area contributed by atoms with E-state index in [9.17, 15) is 13.2 Å². The van der Waals surface area contributed by atoms with Crippen molar-refractivity contribution >= 4 is 44.3 Å². The molecule has 0 saturated heterocycles. The zero-order valence-electron chi connectivity index (χ0n) is 14.3. The predicted octanol–water partition coefficient (Wildman–Crippen LogP) is 3.22. The molecule has 0 saturated carbocycles. The van der Waals surface area contributed by atoms with Gasteiger partial charge in [0, 0.05) is 5.69 Å². The van der Waals surface area contributed by atoms with Crippen LogP contribution >= 0.6 is 11.8 Å². The summed E-state index contributed by atoms with van der Waals surface area (Å²) in [7, 11) is -3.32. The van der Waals surface area contributed by atoms with Gasteiger partial charge < -0.3 is 9.73 Å². The first-order chi connectivity index (χ1) is 12.9. The van der Waals surface area contributed by atoms with Gasteiger partial charge in [0.05, 0.1) is 28.0 Å². The number of carbonyl (C=O) groups excluding carboxylic acids is 1. The van der Waals surface area contributed by atoms with Crippen molar-refractivity contribution in [3.8, 4) is 6.07 Å². The van der Waals surface area contributed by atoms with Gasteiger partial charge in [0.25, 0.3) is 5.22 Å². The molecule has 27 heavy (non-hydrogen) atoms. The number of nitrogens with one attached hydrogen (secondary N) is 1. The van der Waals surface area contributed by atoms with Crippen molar-refractivity contribution in [2.75, 3.05) is 16.8 Å². The molecule has 0 unspecified atom stereocenters. The van der Waals surface area contributed by atoms with Crippen LogP contribution in [0.2, 0.25) is 0 Å². The minimum absolute atomic E-state index is 0.00742. The zero-order chi connectivity index (χ0) is 19.4. The first kappa shape index (κ1) is 18.9. The highest BCUT2D eigenvalue weighted by atomic mass is 32.2. The molecule has 138 valence electrons. The molecule has 9 heteroatoms. The van der Waals surface area contributed by atoms with E-state index in [2.05, 4.69) is 10.3 Å². The van der Waals surface area contributed by atoms with Crippen LogP contribution in [0.5, 0.6) is 0 Å². The summed E-state index contributed by atoms with van der Waals surface area (Å²) in [6, 6.07) is 13.1. The lowest BCUT2D eigenvalue weighted by molar-refractivity contribution is -0.113. The van der Waals surface area contributed by atoms with E-state index in [-0.39, 0.29) is 27.5 Å². The van der Waals surface area contributed by atoms with Crippen LogP contribution in [0.4, 0.5) is 5.69 Å². The average molecular weight is 401 g/mol. The Kier molecular flexibility index (Phi) is 5.48. The molecule has 0 aliphatic heterocycles. The number of nitriles is 1. The van der Waals surface area contributed by atoms with Gasteiger partial charge in [-0.1, -0.05) is 18.7 Å². The Hall–Kier alpha value is -2.83. The summed E-state index contributed by atoms with van der Waals surface area (Å²) < 4.78 is 29.4. The Morgan fingerprint density at radius 2 is 2.00 bits per heavy atom. The van der Waals surface area contributed by atoms with Crippen LogP contribution in [-0.4, -0.2) is 30.8 Å². The molecule has 0 atom stereocenters. The smallest absolute Gasteiger partial charge is 0.257 e. The highest BCUT2D eigenvalue weighted by molar-refractivity contribution is 7.99. The van der Waals surface area contributed by atoms with Crippen LogP contribution in [0.15, 0.2) is 57.0 Å². The molecule has 0 bridgehead atoms. The number of amides is 1. The van der Waals surface area contributed by atoms with Gasteiger partial charge in [-0.05, 0) is 42.5 Å². The van der Waals surface area contributed by atoms with E-state index in [0.717, 1.165) is 11.8 Å². The SMILES string of the molecule is CCS(=O)(=O)c1ccc2oc(SCC(=O)Nc3ccc(C#N)cc3)nc2c1. The number of carbonyl (C=O) groups is 1. The van der Waals surface area contributed by atoms with Crippen molar-refractivity contribution in [2.24, 2.45) is 0 Å². The van der Waals surface area contributed by atoms with E-state index >= 15 is 0 Å². The van der Waals surface area contributed by atoms with Gasteiger partial charge in [0.15, 0.2) is 15.4 Å². The van der Waals surface area contributed by atoms with Crippen LogP contribution < -0.4 is 5.32 Å². The Balaban J connectivity index is 1.66. The third-order valence-electron chi connectivity index (χ3n) is 3.70. The highest BCUT2D eigenvalue weighted by Crippen LogP contribution is 2.26. The topological polar surface area (TPSA) is 113 Å². The summed E-state index contributed by atoms with van der Waals surface area (Å²) >= 11 is 1.11. The largest absolute Gasteiger partial charge is 0.431 e. The Morgan fingerprint density at radius 1 is 1.26 bits per heavy atom. The van der Waals surface area contributed by atoms with Crippen molar-refractivity contribution in [2.45, 2.75) is 17.0 Å². The van der Waals surface area contributed by atoms with E-state index < -0.39 is 9.84 Å². The van der Waals surface area contributed by atoms with Crippen molar-refractivity contribution in [1.29, 1.82) is 5.26 Å². The maximum Gasteiger partial charge on any atom is 0.257 e. The number of hydrogen-bond acceptors (Lipinski definition) is 7. The van der Waals surface area contributed by atoms with E-state index in [1.165, 1.54) is 12.1 Å². The highest BCUT2D eigenvalue weighted by Gasteiger charge is 2.15. The van der Waals surface area contributed by atoms with E-state index in [1.807, 2.05) is 6.07 Å². The minimum Gasteiger partial charge on any atom is -0.431 e. The monoisotopic (exact) mass is 401 g/mol. The van der Waals surface area contributed by atoms with Crippen LogP contribution in [-0.2, 0) is 14.6 Å². The fraction of sp³-hybridized carbons (Fsp3) is 0.167. The second-order valence-corrected chi connectivity index (χ2v) is 8.74. The molecule has 3 rings (SSSR count). The second kappa shape index (κ2) is 7.82. The molecule has 1 amide bonds. The van der Waals surface area contributed by atoms with Crippen molar-refractivity contribution in [3.05, 3.63) is 48.0 Å². The number of benzene rings is 2. The molecule has 0 fully saturated rings. The number of nitrogens with zero attached hydrogens (tertiary/aromatic N) is 2. The third-order valence-corrected chi connectivity index (χ3v) is 6.26. The molecule has 0 aliphatic rings. The minimum atomic E-state index is -3.32. The summed E-state index contributed by atoms with van der Waals surface area (Å²) in [6.45, 7) is 1.58. The molecule has 2 aromatic carbocycles. The summed E-state index contributed by atoms with van der Waals surface area (Å²) in [6.07, 6.45) is 0. The fourth-order valence-electron chi connectivity index (χ4n) is 2.26. The lowest BCUT2D eigenvalue weighted by Gasteiger charge is -2.03. The maximum atomic E-state index is 12.0. The third kappa shape index (κ3) is 4.48. The summed E-state index contributed by atoms with van der Waals surface area (Å²) in [5.74, 6) is -0.165. The van der Waals surface area contributed by atoms with E-state index in [4.69, 9.17) is 9.68 Å². The van der Waals surface area contributed by atoms with Gasteiger partial charge in [-0.15, -0.1) is 0 Å². The average Bonchev–Trinajstić information content (AvgIpc) is 3.09. The van der Waals surface area contributed by atoms with E-state index in [0.29, 0.717) is 22.4 Å². The molecule has 3 aromatic rings. The number of anilines is 1. The molecular formula is C18H15N3O4S2. The first-order valence-corrected chi connectivity index (χ1v) is 10.6. The number of sulfone groups is 1. The van der Waals surface area contributed by atoms with E-state index in [1.54, 1.807) is 37.3 Å². The van der Waals surface area contributed by atoms with Gasteiger partial charge in [-0.25, -0.2) is 13.4 Å². The Bertz CT molecular complexity index is 1130. The number of oxazole rings is 1. The molecular weight excluding hydrogens is 386 g/mol. The van der Waals surface area contributed by atoms with Crippen molar-refractivity contribution in [3.63, 3.8) is 0 Å².